The van der Waals surface area contributed by atoms with Gasteiger partial charge in [-0.1, -0.05) is 44.2 Å². The van der Waals surface area contributed by atoms with Gasteiger partial charge in [0, 0.05) is 5.56 Å². The van der Waals surface area contributed by atoms with Crippen LogP contribution in [0.15, 0.2) is 36.5 Å². The summed E-state index contributed by atoms with van der Waals surface area (Å²) >= 11 is 1.29. The zero-order valence-corrected chi connectivity index (χ0v) is 14.2. The monoisotopic (exact) mass is 332 g/mol. The van der Waals surface area contributed by atoms with Crippen LogP contribution in [-0.4, -0.2) is 27.5 Å². The normalized spacial score (nSPS) is 13.6. The zero-order chi connectivity index (χ0) is 17.0. The van der Waals surface area contributed by atoms with E-state index in [9.17, 15) is 9.59 Å². The summed E-state index contributed by atoms with van der Waals surface area (Å²) < 4.78 is 0. The number of carboxylic acid groups (broad SMARTS) is 1. The van der Waals surface area contributed by atoms with Gasteiger partial charge in [-0.25, -0.2) is 4.98 Å². The zero-order valence-electron chi connectivity index (χ0n) is 13.4. The van der Waals surface area contributed by atoms with E-state index in [2.05, 4.69) is 10.3 Å². The second kappa shape index (κ2) is 6.91. The predicted octanol–water partition coefficient (Wildman–Crippen LogP) is 3.43. The minimum atomic E-state index is -0.934. The highest BCUT2D eigenvalue weighted by Crippen LogP contribution is 2.26. The van der Waals surface area contributed by atoms with Gasteiger partial charge in [-0.2, -0.15) is 0 Å². The first-order chi connectivity index (χ1) is 10.8. The first-order valence-corrected chi connectivity index (χ1v) is 8.19. The van der Waals surface area contributed by atoms with Gasteiger partial charge in [-0.15, -0.1) is 11.3 Å². The minimum Gasteiger partial charge on any atom is -0.481 e. The maximum absolute atomic E-state index is 12.5. The van der Waals surface area contributed by atoms with Crippen LogP contribution in [-0.2, 0) is 4.79 Å². The van der Waals surface area contributed by atoms with Crippen molar-refractivity contribution in [2.24, 2.45) is 5.92 Å². The van der Waals surface area contributed by atoms with Crippen LogP contribution in [0.3, 0.4) is 0 Å². The van der Waals surface area contributed by atoms with E-state index in [0.717, 1.165) is 10.6 Å². The fourth-order valence-corrected chi connectivity index (χ4v) is 2.94. The number of aromatic nitrogens is 1. The molecule has 1 heterocycles. The van der Waals surface area contributed by atoms with Crippen LogP contribution in [0.1, 0.15) is 36.9 Å². The predicted molar refractivity (Wildman–Crippen MR) is 90.5 cm³/mol. The van der Waals surface area contributed by atoms with Crippen LogP contribution in [0.2, 0.25) is 0 Å². The Bertz CT molecular complexity index is 697. The van der Waals surface area contributed by atoms with E-state index < -0.39 is 11.5 Å². The van der Waals surface area contributed by atoms with Crippen molar-refractivity contribution in [1.29, 1.82) is 0 Å². The Morgan fingerprint density at radius 1 is 1.30 bits per heavy atom. The second-order valence-corrected chi connectivity index (χ2v) is 7.02. The molecule has 1 unspecified atom stereocenters. The van der Waals surface area contributed by atoms with Gasteiger partial charge in [0.05, 0.1) is 18.2 Å². The molecule has 2 rings (SSSR count). The van der Waals surface area contributed by atoms with E-state index in [1.165, 1.54) is 17.5 Å². The number of nitrogens with one attached hydrogen (secondary N) is 1. The molecule has 0 bridgehead atoms. The smallest absolute Gasteiger partial charge is 0.305 e. The SMILES string of the molecule is CC(C)C(C)(CC(=O)O)NC(=O)c1cnc(-c2ccccc2)s1. The van der Waals surface area contributed by atoms with Crippen molar-refractivity contribution in [3.05, 3.63) is 41.4 Å². The number of hydrogen-bond acceptors (Lipinski definition) is 4. The van der Waals surface area contributed by atoms with E-state index in [4.69, 9.17) is 5.11 Å². The third kappa shape index (κ3) is 4.16. The van der Waals surface area contributed by atoms with E-state index in [1.807, 2.05) is 44.2 Å². The van der Waals surface area contributed by atoms with Crippen molar-refractivity contribution >= 4 is 23.2 Å². The largest absolute Gasteiger partial charge is 0.481 e. The van der Waals surface area contributed by atoms with Gasteiger partial charge in [-0.05, 0) is 12.8 Å². The lowest BCUT2D eigenvalue weighted by Gasteiger charge is -2.33. The van der Waals surface area contributed by atoms with Crippen LogP contribution < -0.4 is 5.32 Å². The molecule has 1 atom stereocenters. The maximum atomic E-state index is 12.5. The van der Waals surface area contributed by atoms with Gasteiger partial charge in [0.1, 0.15) is 9.88 Å². The number of amides is 1. The van der Waals surface area contributed by atoms with Crippen molar-refractivity contribution in [2.75, 3.05) is 0 Å². The van der Waals surface area contributed by atoms with Gasteiger partial charge >= 0.3 is 5.97 Å². The molecule has 23 heavy (non-hydrogen) atoms. The van der Waals surface area contributed by atoms with Crippen molar-refractivity contribution in [1.82, 2.24) is 10.3 Å². The lowest BCUT2D eigenvalue weighted by Crippen LogP contribution is -2.51. The van der Waals surface area contributed by atoms with Crippen LogP contribution in [0.4, 0.5) is 0 Å². The average Bonchev–Trinajstić information content (AvgIpc) is 2.97. The number of thiazole rings is 1. The summed E-state index contributed by atoms with van der Waals surface area (Å²) in [6.45, 7) is 5.54. The highest BCUT2D eigenvalue weighted by molar-refractivity contribution is 7.16. The number of carbonyl (C=O) groups excluding carboxylic acids is 1. The lowest BCUT2D eigenvalue weighted by atomic mass is 9.85. The standard InChI is InChI=1S/C17H20N2O3S/c1-11(2)17(3,9-14(20)21)19-15(22)13-10-18-16(23-13)12-7-5-4-6-8-12/h4-8,10-11H,9H2,1-3H3,(H,19,22)(H,20,21). The Balaban J connectivity index is 2.17. The minimum absolute atomic E-state index is 0.0101. The molecule has 0 aliphatic heterocycles. The molecule has 2 aromatic rings. The summed E-state index contributed by atoms with van der Waals surface area (Å²) in [5, 5.41) is 12.7. The molecule has 0 radical (unpaired) electrons. The third-order valence-electron chi connectivity index (χ3n) is 3.94. The molecule has 1 amide bonds. The van der Waals surface area contributed by atoms with Crippen molar-refractivity contribution in [2.45, 2.75) is 32.7 Å². The summed E-state index contributed by atoms with van der Waals surface area (Å²) in [6, 6.07) is 9.62. The fraction of sp³-hybridized carbons (Fsp3) is 0.353. The van der Waals surface area contributed by atoms with E-state index >= 15 is 0 Å². The van der Waals surface area contributed by atoms with Crippen LogP contribution >= 0.6 is 11.3 Å². The van der Waals surface area contributed by atoms with Gasteiger partial charge in [0.2, 0.25) is 0 Å². The molecule has 0 fully saturated rings. The maximum Gasteiger partial charge on any atom is 0.305 e. The summed E-state index contributed by atoms with van der Waals surface area (Å²) in [5.74, 6) is -1.23. The molecule has 0 saturated heterocycles. The van der Waals surface area contributed by atoms with E-state index in [1.54, 1.807) is 6.92 Å². The quantitative estimate of drug-likeness (QED) is 0.849. The topological polar surface area (TPSA) is 79.3 Å². The average molecular weight is 332 g/mol. The first-order valence-electron chi connectivity index (χ1n) is 7.37. The Kier molecular flexibility index (Phi) is 5.15. The molecule has 0 spiro atoms. The first kappa shape index (κ1) is 17.1. The number of carboxylic acids is 1. The molecular weight excluding hydrogens is 312 g/mol. The number of nitrogens with zero attached hydrogens (tertiary/aromatic N) is 1. The molecule has 2 N–H and O–H groups in total. The Morgan fingerprint density at radius 2 is 1.96 bits per heavy atom. The van der Waals surface area contributed by atoms with Crippen molar-refractivity contribution in [3.63, 3.8) is 0 Å². The number of benzene rings is 1. The van der Waals surface area contributed by atoms with Crippen LogP contribution in [0.5, 0.6) is 0 Å². The highest BCUT2D eigenvalue weighted by atomic mass is 32.1. The summed E-state index contributed by atoms with van der Waals surface area (Å²) in [7, 11) is 0. The van der Waals surface area contributed by atoms with Gasteiger partial charge < -0.3 is 10.4 Å². The molecule has 122 valence electrons. The highest BCUT2D eigenvalue weighted by Gasteiger charge is 2.33. The Hall–Kier alpha value is -2.21. The summed E-state index contributed by atoms with van der Waals surface area (Å²) in [6.07, 6.45) is 1.41. The van der Waals surface area contributed by atoms with Gasteiger partial charge in [0.15, 0.2) is 0 Å². The molecule has 0 saturated carbocycles. The molecule has 5 nitrogen and oxygen atoms in total. The molecule has 0 aliphatic rings. The number of hydrogen-bond donors (Lipinski definition) is 2. The van der Waals surface area contributed by atoms with E-state index in [-0.39, 0.29) is 18.2 Å². The van der Waals surface area contributed by atoms with Crippen molar-refractivity contribution in [3.8, 4) is 10.6 Å². The third-order valence-corrected chi connectivity index (χ3v) is 4.99. The van der Waals surface area contributed by atoms with Gasteiger partial charge in [-0.3, -0.25) is 9.59 Å². The molecule has 1 aromatic heterocycles. The van der Waals surface area contributed by atoms with E-state index in [0.29, 0.717) is 4.88 Å². The Labute approximate surface area is 139 Å². The fourth-order valence-electron chi connectivity index (χ4n) is 2.12. The molecular formula is C17H20N2O3S. The second-order valence-electron chi connectivity index (χ2n) is 5.99. The van der Waals surface area contributed by atoms with Crippen LogP contribution in [0.25, 0.3) is 10.6 Å². The van der Waals surface area contributed by atoms with Crippen LogP contribution in [0, 0.1) is 5.92 Å². The summed E-state index contributed by atoms with van der Waals surface area (Å²) in [5.41, 5.74) is 0.147. The molecule has 6 heteroatoms. The summed E-state index contributed by atoms with van der Waals surface area (Å²) in [4.78, 5) is 28.3. The molecule has 1 aromatic carbocycles. The molecule has 0 aliphatic carbocycles. The Morgan fingerprint density at radius 3 is 2.52 bits per heavy atom. The lowest BCUT2D eigenvalue weighted by molar-refractivity contribution is -0.138. The van der Waals surface area contributed by atoms with Gasteiger partial charge in [0.25, 0.3) is 5.91 Å². The number of rotatable bonds is 6. The van der Waals surface area contributed by atoms with Crippen molar-refractivity contribution < 1.29 is 14.7 Å². The number of aliphatic carboxylic acids is 1. The number of carbonyl (C=O) groups is 2.